The quantitative estimate of drug-likeness (QED) is 0.759. The second kappa shape index (κ2) is 4.28. The van der Waals surface area contributed by atoms with E-state index in [0.717, 1.165) is 12.6 Å². The lowest BCUT2D eigenvalue weighted by molar-refractivity contribution is 0.135. The SMILES string of the molecule is NC1(CN2CCCN3CCCC3C2)CCC1. The fraction of sp³-hybridized carbons (Fsp3) is 1.00. The van der Waals surface area contributed by atoms with Gasteiger partial charge in [-0.25, -0.2) is 0 Å². The molecule has 0 amide bonds. The summed E-state index contributed by atoms with van der Waals surface area (Å²) in [5.41, 5.74) is 6.54. The Morgan fingerprint density at radius 3 is 2.62 bits per heavy atom. The van der Waals surface area contributed by atoms with E-state index in [1.54, 1.807) is 0 Å². The van der Waals surface area contributed by atoms with Gasteiger partial charge in [-0.3, -0.25) is 9.80 Å². The van der Waals surface area contributed by atoms with Gasteiger partial charge in [0.1, 0.15) is 0 Å². The molecule has 16 heavy (non-hydrogen) atoms. The monoisotopic (exact) mass is 223 g/mol. The lowest BCUT2D eigenvalue weighted by atomic mass is 9.77. The van der Waals surface area contributed by atoms with Crippen LogP contribution >= 0.6 is 0 Å². The van der Waals surface area contributed by atoms with Gasteiger partial charge < -0.3 is 5.73 Å². The van der Waals surface area contributed by atoms with E-state index in [0.29, 0.717) is 0 Å². The van der Waals surface area contributed by atoms with E-state index < -0.39 is 0 Å². The molecule has 3 nitrogen and oxygen atoms in total. The number of hydrogen-bond donors (Lipinski definition) is 1. The zero-order valence-electron chi connectivity index (χ0n) is 10.3. The molecule has 0 aromatic carbocycles. The zero-order chi connectivity index (χ0) is 11.0. The van der Waals surface area contributed by atoms with Gasteiger partial charge >= 0.3 is 0 Å². The largest absolute Gasteiger partial charge is 0.324 e. The minimum absolute atomic E-state index is 0.174. The lowest BCUT2D eigenvalue weighted by Crippen LogP contribution is -2.56. The minimum atomic E-state index is 0.174. The smallest absolute Gasteiger partial charge is 0.0283 e. The normalized spacial score (nSPS) is 35.4. The van der Waals surface area contributed by atoms with Crippen molar-refractivity contribution in [2.75, 3.05) is 32.7 Å². The van der Waals surface area contributed by atoms with Gasteiger partial charge in [0, 0.05) is 24.7 Å². The maximum Gasteiger partial charge on any atom is 0.0283 e. The van der Waals surface area contributed by atoms with Crippen LogP contribution in [-0.4, -0.2) is 54.1 Å². The second-order valence-electron chi connectivity index (χ2n) is 6.14. The molecule has 0 spiro atoms. The van der Waals surface area contributed by atoms with Crippen molar-refractivity contribution in [1.29, 1.82) is 0 Å². The summed E-state index contributed by atoms with van der Waals surface area (Å²) in [6.45, 7) is 6.35. The highest BCUT2D eigenvalue weighted by Crippen LogP contribution is 2.31. The average Bonchev–Trinajstić information content (AvgIpc) is 2.56. The van der Waals surface area contributed by atoms with E-state index in [9.17, 15) is 0 Å². The standard InChI is InChI=1S/C13H25N3/c14-13(5-2-6-13)11-15-7-3-9-16-8-1-4-12(16)10-15/h12H,1-11,14H2. The third kappa shape index (κ3) is 2.13. The van der Waals surface area contributed by atoms with E-state index in [1.807, 2.05) is 0 Å². The molecule has 2 aliphatic heterocycles. The molecule has 2 saturated heterocycles. The molecular formula is C13H25N3. The fourth-order valence-electron chi connectivity index (χ4n) is 3.66. The van der Waals surface area contributed by atoms with Crippen LogP contribution in [0.3, 0.4) is 0 Å². The molecule has 3 fully saturated rings. The molecule has 0 radical (unpaired) electrons. The first-order valence-electron chi connectivity index (χ1n) is 7.01. The highest BCUT2D eigenvalue weighted by Gasteiger charge is 2.36. The summed E-state index contributed by atoms with van der Waals surface area (Å²) < 4.78 is 0. The Bertz CT molecular complexity index is 250. The predicted octanol–water partition coefficient (Wildman–Crippen LogP) is 1.04. The Balaban J connectivity index is 1.58. The van der Waals surface area contributed by atoms with E-state index >= 15 is 0 Å². The summed E-state index contributed by atoms with van der Waals surface area (Å²) in [5.74, 6) is 0. The molecule has 1 saturated carbocycles. The first-order chi connectivity index (χ1) is 7.75. The Kier molecular flexibility index (Phi) is 2.94. The van der Waals surface area contributed by atoms with Crippen molar-refractivity contribution in [1.82, 2.24) is 9.80 Å². The Hall–Kier alpha value is -0.120. The highest BCUT2D eigenvalue weighted by molar-refractivity contribution is 4.96. The minimum Gasteiger partial charge on any atom is -0.324 e. The highest BCUT2D eigenvalue weighted by atomic mass is 15.3. The van der Waals surface area contributed by atoms with Crippen LogP contribution in [0.1, 0.15) is 38.5 Å². The first-order valence-corrected chi connectivity index (χ1v) is 7.01. The topological polar surface area (TPSA) is 32.5 Å². The van der Waals surface area contributed by atoms with Crippen molar-refractivity contribution in [3.05, 3.63) is 0 Å². The molecule has 1 aliphatic carbocycles. The van der Waals surface area contributed by atoms with Gasteiger partial charge in [0.05, 0.1) is 0 Å². The molecule has 2 heterocycles. The molecule has 3 rings (SSSR count). The van der Waals surface area contributed by atoms with Crippen molar-refractivity contribution in [2.24, 2.45) is 5.73 Å². The number of rotatable bonds is 2. The van der Waals surface area contributed by atoms with Gasteiger partial charge in [0.15, 0.2) is 0 Å². The van der Waals surface area contributed by atoms with Crippen LogP contribution < -0.4 is 5.73 Å². The van der Waals surface area contributed by atoms with Crippen LogP contribution in [-0.2, 0) is 0 Å². The molecule has 2 N–H and O–H groups in total. The van der Waals surface area contributed by atoms with Gasteiger partial charge in [-0.15, -0.1) is 0 Å². The van der Waals surface area contributed by atoms with Crippen molar-refractivity contribution in [2.45, 2.75) is 50.1 Å². The lowest BCUT2D eigenvalue weighted by Gasteiger charge is -2.42. The van der Waals surface area contributed by atoms with Crippen molar-refractivity contribution in [3.8, 4) is 0 Å². The maximum absolute atomic E-state index is 6.37. The molecule has 1 atom stereocenters. The van der Waals surface area contributed by atoms with E-state index in [4.69, 9.17) is 5.73 Å². The predicted molar refractivity (Wildman–Crippen MR) is 66.4 cm³/mol. The van der Waals surface area contributed by atoms with E-state index in [2.05, 4.69) is 9.80 Å². The third-order valence-corrected chi connectivity index (χ3v) is 4.78. The van der Waals surface area contributed by atoms with Gasteiger partial charge in [-0.2, -0.15) is 0 Å². The molecule has 1 unspecified atom stereocenters. The summed E-state index contributed by atoms with van der Waals surface area (Å²) in [6.07, 6.45) is 8.00. The summed E-state index contributed by atoms with van der Waals surface area (Å²) in [6, 6.07) is 0.839. The van der Waals surface area contributed by atoms with Crippen molar-refractivity contribution in [3.63, 3.8) is 0 Å². The van der Waals surface area contributed by atoms with Crippen LogP contribution in [0.2, 0.25) is 0 Å². The van der Waals surface area contributed by atoms with Crippen LogP contribution in [0, 0.1) is 0 Å². The number of fused-ring (bicyclic) bond motifs is 1. The molecular weight excluding hydrogens is 198 g/mol. The molecule has 3 aliphatic rings. The average molecular weight is 223 g/mol. The molecule has 0 aromatic heterocycles. The molecule has 92 valence electrons. The number of nitrogens with zero attached hydrogens (tertiary/aromatic N) is 2. The van der Waals surface area contributed by atoms with Gasteiger partial charge in [-0.05, 0) is 58.2 Å². The van der Waals surface area contributed by atoms with Gasteiger partial charge in [0.2, 0.25) is 0 Å². The summed E-state index contributed by atoms with van der Waals surface area (Å²) >= 11 is 0. The summed E-state index contributed by atoms with van der Waals surface area (Å²) in [4.78, 5) is 5.35. The van der Waals surface area contributed by atoms with Crippen molar-refractivity contribution < 1.29 is 0 Å². The van der Waals surface area contributed by atoms with Gasteiger partial charge in [0.25, 0.3) is 0 Å². The summed E-state index contributed by atoms with van der Waals surface area (Å²) in [5, 5.41) is 0. The van der Waals surface area contributed by atoms with Crippen LogP contribution in [0.5, 0.6) is 0 Å². The number of hydrogen-bond acceptors (Lipinski definition) is 3. The van der Waals surface area contributed by atoms with E-state index in [-0.39, 0.29) is 5.54 Å². The second-order valence-corrected chi connectivity index (χ2v) is 6.14. The molecule has 0 bridgehead atoms. The van der Waals surface area contributed by atoms with Gasteiger partial charge in [-0.1, -0.05) is 0 Å². The first kappa shape index (κ1) is 11.0. The number of nitrogens with two attached hydrogens (primary N) is 1. The van der Waals surface area contributed by atoms with Crippen LogP contribution in [0.15, 0.2) is 0 Å². The van der Waals surface area contributed by atoms with Crippen LogP contribution in [0.25, 0.3) is 0 Å². The van der Waals surface area contributed by atoms with E-state index in [1.165, 1.54) is 64.7 Å². The molecule has 0 aromatic rings. The zero-order valence-corrected chi connectivity index (χ0v) is 10.3. The fourth-order valence-corrected chi connectivity index (χ4v) is 3.66. The summed E-state index contributed by atoms with van der Waals surface area (Å²) in [7, 11) is 0. The third-order valence-electron chi connectivity index (χ3n) is 4.78. The Morgan fingerprint density at radius 2 is 1.88 bits per heavy atom. The Labute approximate surface area is 99.0 Å². The Morgan fingerprint density at radius 1 is 1.06 bits per heavy atom. The molecule has 3 heteroatoms. The van der Waals surface area contributed by atoms with Crippen molar-refractivity contribution >= 4 is 0 Å². The maximum atomic E-state index is 6.37. The van der Waals surface area contributed by atoms with Crippen LogP contribution in [0.4, 0.5) is 0 Å².